The molecule has 0 radical (unpaired) electrons. The molecule has 5 rings (SSSR count). The molecule has 154 valence electrons. The average molecular weight is 405 g/mol. The van der Waals surface area contributed by atoms with Crippen LogP contribution in [0.2, 0.25) is 0 Å². The summed E-state index contributed by atoms with van der Waals surface area (Å²) in [5.41, 5.74) is 2.81. The number of carbonyl (C=O) groups is 1. The zero-order chi connectivity index (χ0) is 20.9. The maximum Gasteiger partial charge on any atom is 0.226 e. The van der Waals surface area contributed by atoms with E-state index in [-0.39, 0.29) is 17.4 Å². The highest BCUT2D eigenvalue weighted by atomic mass is 16.5. The molecule has 1 aromatic heterocycles. The van der Waals surface area contributed by atoms with Gasteiger partial charge in [-0.3, -0.25) is 9.89 Å². The van der Waals surface area contributed by atoms with Gasteiger partial charge in [0.1, 0.15) is 5.60 Å². The van der Waals surface area contributed by atoms with E-state index in [0.717, 1.165) is 28.9 Å². The Morgan fingerprint density at radius 2 is 2.03 bits per heavy atom. The Labute approximate surface area is 174 Å². The normalized spacial score (nSPS) is 18.8. The van der Waals surface area contributed by atoms with Crippen LogP contribution in [0.15, 0.2) is 42.6 Å². The maximum atomic E-state index is 12.1. The maximum absolute atomic E-state index is 12.1. The van der Waals surface area contributed by atoms with Crippen molar-refractivity contribution in [1.29, 1.82) is 0 Å². The number of ether oxygens (including phenoxy) is 3. The number of amides is 1. The molecule has 7 nitrogen and oxygen atoms in total. The molecule has 3 heterocycles. The zero-order valence-electron chi connectivity index (χ0n) is 17.1. The molecule has 0 fully saturated rings. The van der Waals surface area contributed by atoms with Crippen LogP contribution in [-0.2, 0) is 11.2 Å². The Balaban J connectivity index is 1.47. The number of aromatic amines is 1. The van der Waals surface area contributed by atoms with Gasteiger partial charge in [0.05, 0.1) is 7.11 Å². The molecule has 0 saturated heterocycles. The summed E-state index contributed by atoms with van der Waals surface area (Å²) in [7, 11) is 1.61. The molecule has 2 aliphatic heterocycles. The summed E-state index contributed by atoms with van der Waals surface area (Å²) >= 11 is 0. The van der Waals surface area contributed by atoms with Crippen molar-refractivity contribution >= 4 is 11.7 Å². The van der Waals surface area contributed by atoms with Crippen LogP contribution in [0.25, 0.3) is 0 Å². The van der Waals surface area contributed by atoms with Crippen molar-refractivity contribution in [2.24, 2.45) is 0 Å². The number of hydrogen-bond acceptors (Lipinski definition) is 5. The minimum atomic E-state index is -0.250. The first kappa shape index (κ1) is 18.5. The largest absolute Gasteiger partial charge is 0.493 e. The van der Waals surface area contributed by atoms with Crippen molar-refractivity contribution in [3.63, 3.8) is 0 Å². The summed E-state index contributed by atoms with van der Waals surface area (Å²) in [5, 5.41) is 9.74. The van der Waals surface area contributed by atoms with E-state index < -0.39 is 0 Å². The van der Waals surface area contributed by atoms with Gasteiger partial charge in [-0.25, -0.2) is 0 Å². The van der Waals surface area contributed by atoms with Gasteiger partial charge in [0.15, 0.2) is 28.8 Å². The summed E-state index contributed by atoms with van der Waals surface area (Å²) in [6, 6.07) is 11.7. The van der Waals surface area contributed by atoms with E-state index in [0.29, 0.717) is 29.5 Å². The number of methoxy groups -OCH3 is 1. The Morgan fingerprint density at radius 3 is 2.87 bits per heavy atom. The van der Waals surface area contributed by atoms with Crippen molar-refractivity contribution < 1.29 is 19.0 Å². The van der Waals surface area contributed by atoms with Gasteiger partial charge in [-0.2, -0.15) is 5.10 Å². The van der Waals surface area contributed by atoms with Gasteiger partial charge in [0.2, 0.25) is 5.91 Å². The van der Waals surface area contributed by atoms with Crippen LogP contribution >= 0.6 is 0 Å². The standard InChI is InChI=1S/C23H23N3O4/c1-23(2)11-14-5-4-6-18(21(14)30-23)29-17-8-7-13(9-19(17)28-3)15-10-20(27)25-22-16(15)12-24-26-22/h4-9,12,15H,10-11H2,1-3H3,(H2,24,25,26,27). The summed E-state index contributed by atoms with van der Waals surface area (Å²) in [5.74, 6) is 3.06. The first-order valence-electron chi connectivity index (χ1n) is 9.94. The third-order valence-corrected chi connectivity index (χ3v) is 5.56. The highest BCUT2D eigenvalue weighted by Crippen LogP contribution is 2.45. The molecule has 2 aliphatic rings. The zero-order valence-corrected chi connectivity index (χ0v) is 17.1. The van der Waals surface area contributed by atoms with Crippen LogP contribution in [-0.4, -0.2) is 28.8 Å². The quantitative estimate of drug-likeness (QED) is 0.672. The molecule has 0 aliphatic carbocycles. The number of aromatic nitrogens is 2. The van der Waals surface area contributed by atoms with Crippen LogP contribution in [0.4, 0.5) is 5.82 Å². The molecule has 0 bridgehead atoms. The SMILES string of the molecule is COc1cc(C2CC(=O)Nc3n[nH]cc32)ccc1Oc1cccc2c1OC(C)(C)C2. The van der Waals surface area contributed by atoms with Crippen LogP contribution in [0.1, 0.15) is 42.9 Å². The summed E-state index contributed by atoms with van der Waals surface area (Å²) in [6.07, 6.45) is 3.01. The van der Waals surface area contributed by atoms with Crippen LogP contribution in [0, 0.1) is 0 Å². The molecule has 7 heteroatoms. The van der Waals surface area contributed by atoms with Crippen molar-refractivity contribution in [2.75, 3.05) is 12.4 Å². The van der Waals surface area contributed by atoms with Gasteiger partial charge in [0, 0.05) is 36.1 Å². The number of benzene rings is 2. The number of H-pyrrole nitrogens is 1. The predicted molar refractivity (Wildman–Crippen MR) is 112 cm³/mol. The first-order valence-corrected chi connectivity index (χ1v) is 9.94. The second-order valence-electron chi connectivity index (χ2n) is 8.29. The van der Waals surface area contributed by atoms with E-state index in [2.05, 4.69) is 35.4 Å². The number of hydrogen-bond donors (Lipinski definition) is 2. The highest BCUT2D eigenvalue weighted by molar-refractivity contribution is 5.94. The number of nitrogens with one attached hydrogen (secondary N) is 2. The molecule has 3 aromatic rings. The topological polar surface area (TPSA) is 85.5 Å². The fourth-order valence-corrected chi connectivity index (χ4v) is 4.21. The fourth-order valence-electron chi connectivity index (χ4n) is 4.21. The van der Waals surface area contributed by atoms with Crippen LogP contribution < -0.4 is 19.5 Å². The average Bonchev–Trinajstić information content (AvgIpc) is 3.30. The highest BCUT2D eigenvalue weighted by Gasteiger charge is 2.33. The second kappa shape index (κ2) is 6.79. The van der Waals surface area contributed by atoms with Gasteiger partial charge < -0.3 is 19.5 Å². The Kier molecular flexibility index (Phi) is 4.20. The van der Waals surface area contributed by atoms with Crippen molar-refractivity contribution in [1.82, 2.24) is 10.2 Å². The number of anilines is 1. The lowest BCUT2D eigenvalue weighted by Gasteiger charge is -2.23. The third-order valence-electron chi connectivity index (χ3n) is 5.56. The lowest BCUT2D eigenvalue weighted by atomic mass is 9.87. The van der Waals surface area contributed by atoms with E-state index >= 15 is 0 Å². The molecule has 30 heavy (non-hydrogen) atoms. The van der Waals surface area contributed by atoms with Crippen molar-refractivity contribution in [2.45, 2.75) is 38.2 Å². The van der Waals surface area contributed by atoms with Crippen molar-refractivity contribution in [3.8, 4) is 23.0 Å². The third kappa shape index (κ3) is 3.16. The fraction of sp³-hybridized carbons (Fsp3) is 0.304. The molecule has 2 N–H and O–H groups in total. The number of rotatable bonds is 4. The molecule has 1 unspecified atom stereocenters. The summed E-state index contributed by atoms with van der Waals surface area (Å²) in [4.78, 5) is 12.1. The van der Waals surface area contributed by atoms with E-state index in [1.54, 1.807) is 7.11 Å². The van der Waals surface area contributed by atoms with Gasteiger partial charge in [0.25, 0.3) is 0 Å². The molecular weight excluding hydrogens is 382 g/mol. The number of carbonyl (C=O) groups excluding carboxylic acids is 1. The van der Waals surface area contributed by atoms with E-state index in [1.807, 2.05) is 36.5 Å². The Bertz CT molecular complexity index is 1140. The van der Waals surface area contributed by atoms with Gasteiger partial charge in [-0.1, -0.05) is 18.2 Å². The Morgan fingerprint density at radius 1 is 1.17 bits per heavy atom. The van der Waals surface area contributed by atoms with Crippen LogP contribution in [0.5, 0.6) is 23.0 Å². The van der Waals surface area contributed by atoms with Gasteiger partial charge in [-0.15, -0.1) is 0 Å². The second-order valence-corrected chi connectivity index (χ2v) is 8.29. The molecule has 1 atom stereocenters. The van der Waals surface area contributed by atoms with Gasteiger partial charge >= 0.3 is 0 Å². The molecule has 0 saturated carbocycles. The van der Waals surface area contributed by atoms with E-state index in [1.165, 1.54) is 0 Å². The summed E-state index contributed by atoms with van der Waals surface area (Å²) in [6.45, 7) is 4.13. The molecule has 0 spiro atoms. The predicted octanol–water partition coefficient (Wildman–Crippen LogP) is 4.40. The lowest BCUT2D eigenvalue weighted by molar-refractivity contribution is -0.116. The van der Waals surface area contributed by atoms with Gasteiger partial charge in [-0.05, 0) is 37.6 Å². The Hall–Kier alpha value is -3.48. The van der Waals surface area contributed by atoms with E-state index in [4.69, 9.17) is 14.2 Å². The van der Waals surface area contributed by atoms with Crippen LogP contribution in [0.3, 0.4) is 0 Å². The molecular formula is C23H23N3O4. The first-order chi connectivity index (χ1) is 14.4. The number of para-hydroxylation sites is 1. The smallest absolute Gasteiger partial charge is 0.226 e. The minimum absolute atomic E-state index is 0.0569. The summed E-state index contributed by atoms with van der Waals surface area (Å²) < 4.78 is 17.9. The molecule has 2 aromatic carbocycles. The van der Waals surface area contributed by atoms with E-state index in [9.17, 15) is 4.79 Å². The van der Waals surface area contributed by atoms with Crippen molar-refractivity contribution in [3.05, 3.63) is 59.3 Å². The monoisotopic (exact) mass is 405 g/mol. The lowest BCUT2D eigenvalue weighted by Crippen LogP contribution is -2.24. The molecule has 1 amide bonds. The minimum Gasteiger partial charge on any atom is -0.493 e. The number of nitrogens with zero attached hydrogens (tertiary/aromatic N) is 1. The number of fused-ring (bicyclic) bond motifs is 2.